The third kappa shape index (κ3) is 4.85. The van der Waals surface area contributed by atoms with Gasteiger partial charge in [-0.1, -0.05) is 18.2 Å². The number of nitrogens with one attached hydrogen (secondary N) is 1. The molecule has 1 rings (SSSR count). The van der Waals surface area contributed by atoms with Crippen LogP contribution in [0, 0.1) is 3.57 Å². The normalized spacial score (nSPS) is 11.1. The lowest BCUT2D eigenvalue weighted by atomic mass is 10.3. The second-order valence-electron chi connectivity index (χ2n) is 2.89. The van der Waals surface area contributed by atoms with Crippen LogP contribution in [0.15, 0.2) is 35.9 Å². The molecule has 0 fully saturated rings. The minimum Gasteiger partial charge on any atom is -0.283 e. The van der Waals surface area contributed by atoms with Crippen LogP contribution in [0.5, 0.6) is 0 Å². The maximum Gasteiger partial charge on any atom is 0.237 e. The summed E-state index contributed by atoms with van der Waals surface area (Å²) in [6.45, 7) is 3.34. The molecule has 1 aromatic rings. The summed E-state index contributed by atoms with van der Waals surface area (Å²) in [5, 5.41) is 0.0908. The largest absolute Gasteiger partial charge is 0.283 e. The topological polar surface area (TPSA) is 46.2 Å². The quantitative estimate of drug-likeness (QED) is 0.842. The van der Waals surface area contributed by atoms with Crippen molar-refractivity contribution in [1.29, 1.82) is 0 Å². The highest BCUT2D eigenvalue weighted by molar-refractivity contribution is 14.1. The molecule has 0 saturated heterocycles. The second-order valence-corrected chi connectivity index (χ2v) is 6.39. The van der Waals surface area contributed by atoms with Crippen molar-refractivity contribution >= 4 is 49.9 Å². The van der Waals surface area contributed by atoms with Crippen LogP contribution in [0.2, 0.25) is 0 Å². The molecule has 82 valence electrons. The van der Waals surface area contributed by atoms with Crippen LogP contribution in [0.3, 0.4) is 0 Å². The highest BCUT2D eigenvalue weighted by Gasteiger charge is 2.10. The Morgan fingerprint density at radius 1 is 1.40 bits per heavy atom. The molecule has 0 amide bonds. The molecule has 0 bridgehead atoms. The van der Waals surface area contributed by atoms with Crippen LogP contribution >= 0.6 is 34.2 Å². The predicted molar refractivity (Wildman–Crippen MR) is 71.6 cm³/mol. The summed E-state index contributed by atoms with van der Waals surface area (Å²) in [5.41, 5.74) is 0.522. The van der Waals surface area contributed by atoms with Crippen LogP contribution in [0.1, 0.15) is 0 Å². The Hall–Kier alpha value is -0.270. The molecule has 6 heteroatoms. The van der Waals surface area contributed by atoms with Gasteiger partial charge in [-0.2, -0.15) is 0 Å². The van der Waals surface area contributed by atoms with E-state index in [2.05, 4.69) is 33.9 Å². The molecule has 1 aromatic carbocycles. The minimum atomic E-state index is -3.43. The van der Waals surface area contributed by atoms with Gasteiger partial charge in [-0.3, -0.25) is 4.72 Å². The molecule has 0 aromatic heterocycles. The molecule has 0 atom stereocenters. The number of halogens is 2. The Balaban J connectivity index is 2.78. The van der Waals surface area contributed by atoms with Crippen LogP contribution in [-0.2, 0) is 10.0 Å². The van der Waals surface area contributed by atoms with Gasteiger partial charge < -0.3 is 0 Å². The number of hydrogen-bond donors (Lipinski definition) is 1. The van der Waals surface area contributed by atoms with E-state index >= 15 is 0 Å². The van der Waals surface area contributed by atoms with Crippen LogP contribution in [0.4, 0.5) is 5.69 Å². The zero-order valence-corrected chi connectivity index (χ0v) is 11.4. The van der Waals surface area contributed by atoms with Crippen molar-refractivity contribution in [3.63, 3.8) is 0 Å². The van der Waals surface area contributed by atoms with E-state index in [1.807, 2.05) is 12.1 Å². The maximum absolute atomic E-state index is 11.4. The Labute approximate surface area is 108 Å². The van der Waals surface area contributed by atoms with E-state index < -0.39 is 10.0 Å². The number of sulfonamides is 1. The summed E-state index contributed by atoms with van der Waals surface area (Å²) in [6, 6.07) is 7.01. The summed E-state index contributed by atoms with van der Waals surface area (Å²) in [6.07, 6.45) is 0. The van der Waals surface area contributed by atoms with Crippen LogP contribution in [-0.4, -0.2) is 14.2 Å². The van der Waals surface area contributed by atoms with Crippen molar-refractivity contribution in [2.75, 3.05) is 10.5 Å². The molecule has 0 aliphatic heterocycles. The van der Waals surface area contributed by atoms with Gasteiger partial charge >= 0.3 is 0 Å². The smallest absolute Gasteiger partial charge is 0.237 e. The van der Waals surface area contributed by atoms with Crippen molar-refractivity contribution in [2.45, 2.75) is 0 Å². The Kier molecular flexibility index (Phi) is 4.42. The molecule has 0 unspecified atom stereocenters. The van der Waals surface area contributed by atoms with Crippen molar-refractivity contribution in [1.82, 2.24) is 0 Å². The number of anilines is 1. The first-order valence-electron chi connectivity index (χ1n) is 3.98. The van der Waals surface area contributed by atoms with E-state index in [0.29, 0.717) is 5.69 Å². The molecule has 15 heavy (non-hydrogen) atoms. The van der Waals surface area contributed by atoms with Gasteiger partial charge in [0.15, 0.2) is 0 Å². The molecule has 0 saturated carbocycles. The van der Waals surface area contributed by atoms with Gasteiger partial charge in [-0.15, -0.1) is 0 Å². The monoisotopic (exact) mass is 357 g/mol. The van der Waals surface area contributed by atoms with Gasteiger partial charge in [-0.05, 0) is 46.9 Å². The Morgan fingerprint density at radius 2 is 1.93 bits per heavy atom. The molecule has 0 heterocycles. The average Bonchev–Trinajstić information content (AvgIpc) is 2.06. The highest BCUT2D eigenvalue weighted by atomic mass is 127. The first-order valence-corrected chi connectivity index (χ1v) is 7.09. The van der Waals surface area contributed by atoms with E-state index in [1.165, 1.54) is 0 Å². The van der Waals surface area contributed by atoms with Crippen molar-refractivity contribution < 1.29 is 8.42 Å². The zero-order valence-electron chi connectivity index (χ0n) is 7.70. The lowest BCUT2D eigenvalue weighted by molar-refractivity contribution is 0.604. The van der Waals surface area contributed by atoms with E-state index in [-0.39, 0.29) is 10.8 Å². The van der Waals surface area contributed by atoms with Gasteiger partial charge in [0.1, 0.15) is 5.75 Å². The predicted octanol–water partition coefficient (Wildman–Crippen LogP) is 2.79. The van der Waals surface area contributed by atoms with Crippen molar-refractivity contribution in [3.05, 3.63) is 39.4 Å². The van der Waals surface area contributed by atoms with Gasteiger partial charge in [0.05, 0.1) is 0 Å². The van der Waals surface area contributed by atoms with Crippen LogP contribution in [0.25, 0.3) is 0 Å². The number of rotatable bonds is 4. The summed E-state index contributed by atoms with van der Waals surface area (Å²) in [5.74, 6) is -0.277. The molecular formula is C9H9ClINO2S. The first kappa shape index (κ1) is 12.8. The fourth-order valence-electron chi connectivity index (χ4n) is 0.940. The molecule has 0 aliphatic carbocycles. The molecule has 0 aliphatic rings. The third-order valence-electron chi connectivity index (χ3n) is 1.46. The summed E-state index contributed by atoms with van der Waals surface area (Å²) >= 11 is 7.58. The number of hydrogen-bond acceptors (Lipinski definition) is 2. The summed E-state index contributed by atoms with van der Waals surface area (Å²) in [7, 11) is -3.43. The molecule has 1 N–H and O–H groups in total. The molecule has 0 spiro atoms. The van der Waals surface area contributed by atoms with E-state index in [0.717, 1.165) is 3.57 Å². The Morgan fingerprint density at radius 3 is 2.40 bits per heavy atom. The summed E-state index contributed by atoms with van der Waals surface area (Å²) < 4.78 is 26.3. The first-order chi connectivity index (χ1) is 6.89. The Bertz CT molecular complexity index is 456. The fourth-order valence-corrected chi connectivity index (χ4v) is 2.71. The molecule has 0 radical (unpaired) electrons. The average molecular weight is 358 g/mol. The fraction of sp³-hybridized carbons (Fsp3) is 0.111. The highest BCUT2D eigenvalue weighted by Crippen LogP contribution is 2.14. The van der Waals surface area contributed by atoms with E-state index in [4.69, 9.17) is 11.6 Å². The van der Waals surface area contributed by atoms with Crippen molar-refractivity contribution in [2.24, 2.45) is 0 Å². The van der Waals surface area contributed by atoms with E-state index in [1.54, 1.807) is 12.1 Å². The van der Waals surface area contributed by atoms with Gasteiger partial charge in [0, 0.05) is 14.3 Å². The van der Waals surface area contributed by atoms with Gasteiger partial charge in [0.25, 0.3) is 0 Å². The van der Waals surface area contributed by atoms with Crippen LogP contribution < -0.4 is 4.72 Å². The second kappa shape index (κ2) is 5.18. The SMILES string of the molecule is C=C(Cl)CS(=O)(=O)Nc1ccc(I)cc1. The third-order valence-corrected chi connectivity index (χ3v) is 3.75. The lowest BCUT2D eigenvalue weighted by Gasteiger charge is -2.06. The van der Waals surface area contributed by atoms with Gasteiger partial charge in [-0.25, -0.2) is 8.42 Å². The standard InChI is InChI=1S/C9H9ClINO2S/c1-7(10)6-15(13,14)12-9-4-2-8(11)3-5-9/h2-5,12H,1,6H2. The van der Waals surface area contributed by atoms with Gasteiger partial charge in [0.2, 0.25) is 10.0 Å². The molecular weight excluding hydrogens is 349 g/mol. The lowest BCUT2D eigenvalue weighted by Crippen LogP contribution is -2.16. The maximum atomic E-state index is 11.4. The minimum absolute atomic E-state index is 0.0908. The van der Waals surface area contributed by atoms with E-state index in [9.17, 15) is 8.42 Å². The zero-order chi connectivity index (χ0) is 11.5. The van der Waals surface area contributed by atoms with Crippen molar-refractivity contribution in [3.8, 4) is 0 Å². The number of benzene rings is 1. The summed E-state index contributed by atoms with van der Waals surface area (Å²) in [4.78, 5) is 0. The molecule has 3 nitrogen and oxygen atoms in total.